The Morgan fingerprint density at radius 3 is 2.50 bits per heavy atom. The molecule has 6 nitrogen and oxygen atoms in total. The van der Waals surface area contributed by atoms with Crippen LogP contribution in [-0.2, 0) is 20.6 Å². The van der Waals surface area contributed by atoms with Gasteiger partial charge in [0.15, 0.2) is 0 Å². The van der Waals surface area contributed by atoms with E-state index in [4.69, 9.17) is 39.5 Å². The van der Waals surface area contributed by atoms with E-state index >= 15 is 0 Å². The predicted molar refractivity (Wildman–Crippen MR) is 126 cm³/mol. The fourth-order valence-corrected chi connectivity index (χ4v) is 4.65. The van der Waals surface area contributed by atoms with E-state index in [2.05, 4.69) is 5.32 Å². The summed E-state index contributed by atoms with van der Waals surface area (Å²) in [6, 6.07) is 10.0. The van der Waals surface area contributed by atoms with E-state index in [0.29, 0.717) is 38.9 Å². The van der Waals surface area contributed by atoms with Gasteiger partial charge in [0.2, 0.25) is 15.9 Å². The number of methoxy groups -OCH3 is 1. The van der Waals surface area contributed by atoms with Gasteiger partial charge >= 0.3 is 0 Å². The van der Waals surface area contributed by atoms with Crippen molar-refractivity contribution in [2.45, 2.75) is 5.75 Å². The van der Waals surface area contributed by atoms with Gasteiger partial charge in [-0.1, -0.05) is 40.9 Å². The Morgan fingerprint density at radius 1 is 1.13 bits per heavy atom. The third-order valence-corrected chi connectivity index (χ3v) is 7.05. The average molecular weight is 512 g/mol. The number of benzene rings is 2. The van der Waals surface area contributed by atoms with Crippen molar-refractivity contribution < 1.29 is 17.9 Å². The van der Waals surface area contributed by atoms with Crippen LogP contribution in [0.5, 0.6) is 5.75 Å². The molecule has 0 aliphatic carbocycles. The molecule has 0 atom stereocenters. The molecule has 0 heterocycles. The number of nitrogens with zero attached hydrogens (tertiary/aromatic N) is 1. The first-order valence-corrected chi connectivity index (χ1v) is 12.8. The highest BCUT2D eigenvalue weighted by Gasteiger charge is 2.24. The summed E-state index contributed by atoms with van der Waals surface area (Å²) in [5.41, 5.74) is 1.23. The monoisotopic (exact) mass is 510 g/mol. The van der Waals surface area contributed by atoms with Crippen molar-refractivity contribution >= 4 is 68.2 Å². The van der Waals surface area contributed by atoms with Gasteiger partial charge in [-0.15, -0.1) is 0 Å². The van der Waals surface area contributed by atoms with E-state index in [-0.39, 0.29) is 12.2 Å². The van der Waals surface area contributed by atoms with E-state index in [1.165, 1.54) is 13.2 Å². The maximum Gasteiger partial charge on any atom is 0.240 e. The van der Waals surface area contributed by atoms with E-state index in [1.807, 2.05) is 6.07 Å². The van der Waals surface area contributed by atoms with Crippen molar-refractivity contribution in [3.63, 3.8) is 0 Å². The number of hydrogen-bond donors (Lipinski definition) is 1. The maximum absolute atomic E-state index is 12.3. The number of rotatable bonds is 10. The third-order valence-electron chi connectivity index (χ3n) is 3.92. The number of sulfonamides is 1. The first-order chi connectivity index (χ1) is 14.1. The highest BCUT2D eigenvalue weighted by Crippen LogP contribution is 2.32. The van der Waals surface area contributed by atoms with Crippen LogP contribution in [0.2, 0.25) is 15.1 Å². The van der Waals surface area contributed by atoms with Gasteiger partial charge in [-0.2, -0.15) is 11.8 Å². The van der Waals surface area contributed by atoms with Gasteiger partial charge in [-0.05, 0) is 35.9 Å². The molecule has 0 spiro atoms. The molecule has 2 aromatic rings. The average Bonchev–Trinajstić information content (AvgIpc) is 2.67. The molecule has 0 fully saturated rings. The van der Waals surface area contributed by atoms with E-state index in [0.717, 1.165) is 16.1 Å². The molecule has 0 aromatic heterocycles. The summed E-state index contributed by atoms with van der Waals surface area (Å²) in [5, 5.41) is 4.06. The summed E-state index contributed by atoms with van der Waals surface area (Å²) in [7, 11) is -2.32. The van der Waals surface area contributed by atoms with Crippen molar-refractivity contribution in [1.82, 2.24) is 5.32 Å². The van der Waals surface area contributed by atoms with Gasteiger partial charge in [0.05, 0.1) is 29.1 Å². The number of carbonyl (C=O) groups excluding carboxylic acids is 1. The minimum absolute atomic E-state index is 0.205. The fraction of sp³-hybridized carbons (Fsp3) is 0.316. The van der Waals surface area contributed by atoms with Crippen LogP contribution in [0.1, 0.15) is 5.56 Å². The van der Waals surface area contributed by atoms with Crippen molar-refractivity contribution in [3.8, 4) is 5.75 Å². The van der Waals surface area contributed by atoms with Crippen LogP contribution >= 0.6 is 46.6 Å². The normalized spacial score (nSPS) is 11.2. The second-order valence-electron chi connectivity index (χ2n) is 6.24. The molecule has 30 heavy (non-hydrogen) atoms. The predicted octanol–water partition coefficient (Wildman–Crippen LogP) is 4.47. The molecule has 0 bridgehead atoms. The molecule has 0 unspecified atom stereocenters. The van der Waals surface area contributed by atoms with Gasteiger partial charge in [-0.25, -0.2) is 8.42 Å². The van der Waals surface area contributed by atoms with E-state index < -0.39 is 15.9 Å². The summed E-state index contributed by atoms with van der Waals surface area (Å²) < 4.78 is 30.7. The number of ether oxygens (including phenoxy) is 1. The Kier molecular flexibility index (Phi) is 9.43. The highest BCUT2D eigenvalue weighted by molar-refractivity contribution is 7.98. The van der Waals surface area contributed by atoms with Crippen molar-refractivity contribution in [2.24, 2.45) is 0 Å². The largest absolute Gasteiger partial charge is 0.495 e. The molecule has 2 rings (SSSR count). The van der Waals surface area contributed by atoms with Crippen LogP contribution in [0.4, 0.5) is 5.69 Å². The first-order valence-electron chi connectivity index (χ1n) is 8.71. The van der Waals surface area contributed by atoms with Gasteiger partial charge in [0.1, 0.15) is 12.3 Å². The Labute approximate surface area is 195 Å². The van der Waals surface area contributed by atoms with E-state index in [9.17, 15) is 13.2 Å². The Balaban J connectivity index is 1.91. The first kappa shape index (κ1) is 24.9. The molecule has 0 saturated carbocycles. The number of anilines is 1. The van der Waals surface area contributed by atoms with Gasteiger partial charge in [-0.3, -0.25) is 9.10 Å². The lowest BCUT2D eigenvalue weighted by Gasteiger charge is -2.24. The van der Waals surface area contributed by atoms with Gasteiger partial charge in [0.25, 0.3) is 0 Å². The molecule has 0 saturated heterocycles. The minimum Gasteiger partial charge on any atom is -0.495 e. The molecule has 11 heteroatoms. The second kappa shape index (κ2) is 11.3. The lowest BCUT2D eigenvalue weighted by Crippen LogP contribution is -2.41. The number of hydrogen-bond acceptors (Lipinski definition) is 5. The lowest BCUT2D eigenvalue weighted by molar-refractivity contribution is -0.119. The Bertz CT molecular complexity index is 1000. The molecule has 1 N–H and O–H groups in total. The summed E-state index contributed by atoms with van der Waals surface area (Å²) in [5.74, 6) is 1.22. The number of carbonyl (C=O) groups is 1. The van der Waals surface area contributed by atoms with Crippen LogP contribution in [0.25, 0.3) is 0 Å². The fourth-order valence-electron chi connectivity index (χ4n) is 2.51. The van der Waals surface area contributed by atoms with Crippen molar-refractivity contribution in [1.29, 1.82) is 0 Å². The van der Waals surface area contributed by atoms with Gasteiger partial charge < -0.3 is 10.1 Å². The molecule has 1 amide bonds. The zero-order chi connectivity index (χ0) is 22.3. The molecule has 2 aromatic carbocycles. The second-order valence-corrected chi connectivity index (χ2v) is 10.5. The Morgan fingerprint density at radius 2 is 1.87 bits per heavy atom. The number of nitrogens with one attached hydrogen (secondary N) is 1. The SMILES string of the molecule is COc1ccc(Cl)cc1N(CC(=O)NCCSCc1ccc(Cl)c(Cl)c1)S(C)(=O)=O. The molecular formula is C19H21Cl3N2O4S2. The molecule has 0 aliphatic heterocycles. The quantitative estimate of drug-likeness (QED) is 0.476. The molecule has 0 aliphatic rings. The molecule has 0 radical (unpaired) electrons. The summed E-state index contributed by atoms with van der Waals surface area (Å²) >= 11 is 19.5. The lowest BCUT2D eigenvalue weighted by atomic mass is 10.2. The zero-order valence-electron chi connectivity index (χ0n) is 16.3. The Hall–Kier alpha value is -1.32. The third kappa shape index (κ3) is 7.42. The topological polar surface area (TPSA) is 75.7 Å². The van der Waals surface area contributed by atoms with Crippen molar-refractivity contribution in [3.05, 3.63) is 57.0 Å². The van der Waals surface area contributed by atoms with Crippen molar-refractivity contribution in [2.75, 3.05) is 36.5 Å². The van der Waals surface area contributed by atoms with Crippen LogP contribution < -0.4 is 14.4 Å². The van der Waals surface area contributed by atoms with Gasteiger partial charge in [0, 0.05) is 23.1 Å². The summed E-state index contributed by atoms with van der Waals surface area (Å²) in [4.78, 5) is 12.3. The smallest absolute Gasteiger partial charge is 0.240 e. The van der Waals surface area contributed by atoms with E-state index in [1.54, 1.807) is 36.0 Å². The van der Waals surface area contributed by atoms with Crippen LogP contribution in [0.15, 0.2) is 36.4 Å². The molecular weight excluding hydrogens is 491 g/mol. The van der Waals surface area contributed by atoms with Crippen LogP contribution in [0.3, 0.4) is 0 Å². The maximum atomic E-state index is 12.3. The summed E-state index contributed by atoms with van der Waals surface area (Å²) in [6.07, 6.45) is 1.02. The summed E-state index contributed by atoms with van der Waals surface area (Å²) in [6.45, 7) is 0.00208. The standard InChI is InChI=1S/C19H21Cl3N2O4S2/c1-28-18-6-4-14(20)10-17(18)24(30(2,26)27)11-19(25)23-7-8-29-12-13-3-5-15(21)16(22)9-13/h3-6,9-10H,7-8,11-12H2,1-2H3,(H,23,25). The molecule has 164 valence electrons. The minimum atomic E-state index is -3.74. The van der Waals surface area contributed by atoms with Crippen LogP contribution in [-0.4, -0.2) is 46.5 Å². The number of halogens is 3. The number of amides is 1. The zero-order valence-corrected chi connectivity index (χ0v) is 20.2. The number of thioether (sulfide) groups is 1. The highest BCUT2D eigenvalue weighted by atomic mass is 35.5. The van der Waals surface area contributed by atoms with Crippen LogP contribution in [0, 0.1) is 0 Å².